The first kappa shape index (κ1) is 11.9. The molecule has 14 heavy (non-hydrogen) atoms. The van der Waals surface area contributed by atoms with Gasteiger partial charge in [0, 0.05) is 18.3 Å². The van der Waals surface area contributed by atoms with E-state index in [9.17, 15) is 4.79 Å². The number of hydrogen-bond acceptors (Lipinski definition) is 3. The van der Waals surface area contributed by atoms with Gasteiger partial charge in [-0.1, -0.05) is 31.0 Å². The van der Waals surface area contributed by atoms with Crippen LogP contribution in [0, 0.1) is 0 Å². The number of carbonyl (C=O) groups excluding carboxylic acids is 1. The Morgan fingerprint density at radius 3 is 2.64 bits per heavy atom. The van der Waals surface area contributed by atoms with Crippen LogP contribution in [-0.4, -0.2) is 35.5 Å². The average Bonchev–Trinajstić information content (AvgIpc) is 2.18. The number of primary amides is 1. The van der Waals surface area contributed by atoms with E-state index in [1.54, 1.807) is 0 Å². The van der Waals surface area contributed by atoms with Crippen LogP contribution in [0.15, 0.2) is 0 Å². The van der Waals surface area contributed by atoms with Crippen molar-refractivity contribution in [3.05, 3.63) is 0 Å². The number of rotatable bonds is 4. The fourth-order valence-corrected chi connectivity index (χ4v) is 2.58. The number of thioether (sulfide) groups is 1. The molecule has 0 aromatic carbocycles. The third kappa shape index (κ3) is 4.33. The van der Waals surface area contributed by atoms with E-state index in [4.69, 9.17) is 5.73 Å². The van der Waals surface area contributed by atoms with Crippen LogP contribution in [0.5, 0.6) is 0 Å². The highest BCUT2D eigenvalue weighted by molar-refractivity contribution is 8.13. The molecule has 1 rings (SSSR count). The van der Waals surface area contributed by atoms with Gasteiger partial charge in [-0.3, -0.25) is 4.79 Å². The summed E-state index contributed by atoms with van der Waals surface area (Å²) in [5.41, 5.74) is 5.06. The maximum Gasteiger partial charge on any atom is 0.276 e. The molecule has 0 aromatic rings. The van der Waals surface area contributed by atoms with Crippen molar-refractivity contribution >= 4 is 17.0 Å². The van der Waals surface area contributed by atoms with Crippen molar-refractivity contribution in [2.24, 2.45) is 5.73 Å². The van der Waals surface area contributed by atoms with Crippen molar-refractivity contribution in [3.63, 3.8) is 0 Å². The molecule has 0 spiro atoms. The van der Waals surface area contributed by atoms with Gasteiger partial charge in [0.25, 0.3) is 5.24 Å². The van der Waals surface area contributed by atoms with Gasteiger partial charge in [-0.15, -0.1) is 0 Å². The summed E-state index contributed by atoms with van der Waals surface area (Å²) in [4.78, 5) is 12.9. The monoisotopic (exact) mass is 216 g/mol. The predicted molar refractivity (Wildman–Crippen MR) is 61.5 cm³/mol. The molecule has 0 unspecified atom stereocenters. The molecule has 0 aliphatic heterocycles. The van der Waals surface area contributed by atoms with Crippen LogP contribution in [-0.2, 0) is 0 Å². The van der Waals surface area contributed by atoms with Gasteiger partial charge < -0.3 is 10.6 Å². The van der Waals surface area contributed by atoms with Gasteiger partial charge in [-0.2, -0.15) is 0 Å². The SMILES string of the molecule is CN(CCSC(N)=O)C1CCCCC1. The standard InChI is InChI=1S/C10H20N2OS/c1-12(7-8-14-10(11)13)9-5-3-2-4-6-9/h9H,2-8H2,1H3,(H2,11,13). The lowest BCUT2D eigenvalue weighted by Crippen LogP contribution is -2.35. The predicted octanol–water partition coefficient (Wildman–Crippen LogP) is 2.06. The van der Waals surface area contributed by atoms with Crippen LogP contribution < -0.4 is 5.73 Å². The van der Waals surface area contributed by atoms with Crippen molar-refractivity contribution in [2.45, 2.75) is 38.1 Å². The topological polar surface area (TPSA) is 46.3 Å². The largest absolute Gasteiger partial charge is 0.361 e. The third-order valence-electron chi connectivity index (χ3n) is 2.89. The summed E-state index contributed by atoms with van der Waals surface area (Å²) in [5.74, 6) is 0.822. The molecule has 0 atom stereocenters. The highest BCUT2D eigenvalue weighted by Gasteiger charge is 2.17. The molecular formula is C10H20N2OS. The highest BCUT2D eigenvalue weighted by Crippen LogP contribution is 2.21. The zero-order valence-corrected chi connectivity index (χ0v) is 9.68. The summed E-state index contributed by atoms with van der Waals surface area (Å²) in [7, 11) is 2.15. The summed E-state index contributed by atoms with van der Waals surface area (Å²) < 4.78 is 0. The lowest BCUT2D eigenvalue weighted by molar-refractivity contribution is 0.202. The number of hydrogen-bond donors (Lipinski definition) is 1. The molecule has 1 saturated carbocycles. The van der Waals surface area contributed by atoms with Crippen LogP contribution in [0.2, 0.25) is 0 Å². The van der Waals surface area contributed by atoms with E-state index in [1.807, 2.05) is 0 Å². The van der Waals surface area contributed by atoms with Crippen molar-refractivity contribution in [3.8, 4) is 0 Å². The summed E-state index contributed by atoms with van der Waals surface area (Å²) >= 11 is 1.22. The molecule has 2 N–H and O–H groups in total. The fourth-order valence-electron chi connectivity index (χ4n) is 1.99. The van der Waals surface area contributed by atoms with Crippen LogP contribution in [0.3, 0.4) is 0 Å². The summed E-state index contributed by atoms with van der Waals surface area (Å²) in [6, 6.07) is 0.734. The molecule has 4 heteroatoms. The number of nitrogens with two attached hydrogens (primary N) is 1. The van der Waals surface area contributed by atoms with E-state index in [0.717, 1.165) is 18.3 Å². The Bertz CT molecular complexity index is 181. The molecule has 1 aliphatic rings. The van der Waals surface area contributed by atoms with Gasteiger partial charge in [-0.05, 0) is 19.9 Å². The Hall–Kier alpha value is -0.220. The first-order chi connectivity index (χ1) is 6.70. The summed E-state index contributed by atoms with van der Waals surface area (Å²) in [5, 5.41) is -0.262. The first-order valence-electron chi connectivity index (χ1n) is 5.32. The van der Waals surface area contributed by atoms with E-state index >= 15 is 0 Å². The van der Waals surface area contributed by atoms with E-state index in [-0.39, 0.29) is 5.24 Å². The Kier molecular flexibility index (Phi) is 5.33. The highest BCUT2D eigenvalue weighted by atomic mass is 32.2. The maximum absolute atomic E-state index is 10.5. The quantitative estimate of drug-likeness (QED) is 0.782. The van der Waals surface area contributed by atoms with Gasteiger partial charge in [0.15, 0.2) is 0 Å². The lowest BCUT2D eigenvalue weighted by Gasteiger charge is -2.30. The minimum absolute atomic E-state index is 0.262. The number of carbonyl (C=O) groups is 1. The van der Waals surface area contributed by atoms with Crippen molar-refractivity contribution in [1.29, 1.82) is 0 Å². The van der Waals surface area contributed by atoms with Crippen LogP contribution >= 0.6 is 11.8 Å². The van der Waals surface area contributed by atoms with E-state index < -0.39 is 0 Å². The maximum atomic E-state index is 10.5. The molecule has 0 bridgehead atoms. The molecule has 82 valence electrons. The summed E-state index contributed by atoms with van der Waals surface area (Å²) in [6.07, 6.45) is 6.74. The van der Waals surface area contributed by atoms with Crippen LogP contribution in [0.4, 0.5) is 4.79 Å². The second kappa shape index (κ2) is 6.30. The van der Waals surface area contributed by atoms with Gasteiger partial charge >= 0.3 is 0 Å². The fraction of sp³-hybridized carbons (Fsp3) is 0.900. The molecule has 0 saturated heterocycles. The molecule has 3 nitrogen and oxygen atoms in total. The normalized spacial score (nSPS) is 18.7. The molecule has 0 aromatic heterocycles. The Morgan fingerprint density at radius 1 is 1.43 bits per heavy atom. The van der Waals surface area contributed by atoms with Crippen LogP contribution in [0.25, 0.3) is 0 Å². The molecule has 0 radical (unpaired) electrons. The second-order valence-corrected chi connectivity index (χ2v) is 5.04. The van der Waals surface area contributed by atoms with Crippen molar-refractivity contribution < 1.29 is 4.79 Å². The Labute approximate surface area is 90.4 Å². The molecule has 0 heterocycles. The summed E-state index contributed by atoms with van der Waals surface area (Å²) in [6.45, 7) is 0.971. The number of nitrogens with zero attached hydrogens (tertiary/aromatic N) is 1. The Morgan fingerprint density at radius 2 is 2.07 bits per heavy atom. The van der Waals surface area contributed by atoms with Crippen LogP contribution in [0.1, 0.15) is 32.1 Å². The van der Waals surface area contributed by atoms with E-state index in [2.05, 4.69) is 11.9 Å². The number of amides is 1. The first-order valence-corrected chi connectivity index (χ1v) is 6.31. The van der Waals surface area contributed by atoms with Crippen molar-refractivity contribution in [2.75, 3.05) is 19.3 Å². The van der Waals surface area contributed by atoms with Gasteiger partial charge in [0.2, 0.25) is 0 Å². The minimum atomic E-state index is -0.262. The van der Waals surface area contributed by atoms with Crippen molar-refractivity contribution in [1.82, 2.24) is 4.90 Å². The Balaban J connectivity index is 2.13. The van der Waals surface area contributed by atoms with E-state index in [1.165, 1.54) is 43.9 Å². The van der Waals surface area contributed by atoms with E-state index in [0.29, 0.717) is 0 Å². The lowest BCUT2D eigenvalue weighted by atomic mass is 9.94. The minimum Gasteiger partial charge on any atom is -0.361 e. The third-order valence-corrected chi connectivity index (χ3v) is 3.56. The van der Waals surface area contributed by atoms with Gasteiger partial charge in [0.05, 0.1) is 0 Å². The van der Waals surface area contributed by atoms with Gasteiger partial charge in [-0.25, -0.2) is 0 Å². The molecule has 1 aliphatic carbocycles. The van der Waals surface area contributed by atoms with Gasteiger partial charge in [0.1, 0.15) is 0 Å². The zero-order valence-electron chi connectivity index (χ0n) is 8.87. The molecule has 1 fully saturated rings. The smallest absolute Gasteiger partial charge is 0.276 e. The zero-order chi connectivity index (χ0) is 10.4. The second-order valence-electron chi connectivity index (χ2n) is 3.94. The molecular weight excluding hydrogens is 196 g/mol. The molecule has 1 amide bonds. The average molecular weight is 216 g/mol.